The Kier molecular flexibility index (Phi) is 8.66. The number of rotatable bonds is 5. The van der Waals surface area contributed by atoms with Crippen LogP contribution in [0.3, 0.4) is 0 Å². The number of pyridine rings is 1. The second kappa shape index (κ2) is 13.1. The Hall–Kier alpha value is -5.45. The quantitative estimate of drug-likeness (QED) is 0.162. The van der Waals surface area contributed by atoms with Gasteiger partial charge in [0.15, 0.2) is 0 Å². The average Bonchev–Trinajstić information content (AvgIpc) is 3.78. The molecule has 0 aliphatic carbocycles. The molecule has 6 nitrogen and oxygen atoms in total. The van der Waals surface area contributed by atoms with E-state index < -0.39 is 0 Å². The van der Waals surface area contributed by atoms with Crippen molar-refractivity contribution in [2.45, 2.75) is 62.3 Å². The minimum atomic E-state index is 0. The van der Waals surface area contributed by atoms with E-state index in [1.165, 1.54) is 44.1 Å². The molecular formula is C47H41N5OPt. The molecule has 0 unspecified atom stereocenters. The van der Waals surface area contributed by atoms with E-state index in [0.29, 0.717) is 11.5 Å². The molecule has 0 saturated heterocycles. The van der Waals surface area contributed by atoms with Crippen molar-refractivity contribution in [1.82, 2.24) is 23.9 Å². The normalized spacial score (nSPS) is 11.6. The van der Waals surface area contributed by atoms with Gasteiger partial charge in [0, 0.05) is 45.2 Å². The molecule has 0 N–H and O–H groups in total. The van der Waals surface area contributed by atoms with Crippen LogP contribution in [0.4, 0.5) is 0 Å². The third kappa shape index (κ3) is 5.41. The second-order valence-corrected chi connectivity index (χ2v) is 14.7. The van der Waals surface area contributed by atoms with Crippen LogP contribution in [0.15, 0.2) is 85.1 Å². The Morgan fingerprint density at radius 2 is 1.28 bits per heavy atom. The average molecular weight is 887 g/mol. The van der Waals surface area contributed by atoms with E-state index >= 15 is 0 Å². The molecule has 0 spiro atoms. The minimum absolute atomic E-state index is 0. The van der Waals surface area contributed by atoms with Gasteiger partial charge in [0.05, 0.1) is 22.4 Å². The van der Waals surface area contributed by atoms with Crippen LogP contribution in [0.5, 0.6) is 11.5 Å². The van der Waals surface area contributed by atoms with Crippen LogP contribution in [-0.4, -0.2) is 23.9 Å². The van der Waals surface area contributed by atoms with Crippen LogP contribution in [0.2, 0.25) is 0 Å². The van der Waals surface area contributed by atoms with Crippen molar-refractivity contribution in [3.05, 3.63) is 148 Å². The van der Waals surface area contributed by atoms with Gasteiger partial charge in [0.25, 0.3) is 0 Å². The van der Waals surface area contributed by atoms with Gasteiger partial charge >= 0.3 is 21.1 Å². The summed E-state index contributed by atoms with van der Waals surface area (Å²) in [5, 5.41) is 9.54. The molecule has 54 heavy (non-hydrogen) atoms. The predicted octanol–water partition coefficient (Wildman–Crippen LogP) is 11.6. The Labute approximate surface area is 330 Å². The summed E-state index contributed by atoms with van der Waals surface area (Å²) in [6, 6.07) is 34.9. The summed E-state index contributed by atoms with van der Waals surface area (Å²) in [5.74, 6) is 2.08. The molecule has 0 fully saturated rings. The monoisotopic (exact) mass is 886 g/mol. The van der Waals surface area contributed by atoms with Crippen molar-refractivity contribution in [3.63, 3.8) is 0 Å². The number of hydrogen-bond acceptors (Lipinski definition) is 3. The van der Waals surface area contributed by atoms with Crippen molar-refractivity contribution < 1.29 is 25.8 Å². The van der Waals surface area contributed by atoms with Gasteiger partial charge in [-0.25, -0.2) is 4.98 Å². The second-order valence-electron chi connectivity index (χ2n) is 14.7. The maximum atomic E-state index is 6.55. The molecule has 0 aliphatic heterocycles. The summed E-state index contributed by atoms with van der Waals surface area (Å²) in [4.78, 5) is 5.18. The SMILES string of the molecule is Cc1cc(Oc2[c-]c3c(cc2)c2ccccc2n3-c2ncc(C)c(-n3c4c(C)ccc(C)c4c4c(C)ccc(C)c43)c2C)[c-]c(-n2nc(C)cc2C)c1.[Pt+2]. The fourth-order valence-electron chi connectivity index (χ4n) is 8.40. The first-order valence-electron chi connectivity index (χ1n) is 18.2. The van der Waals surface area contributed by atoms with E-state index in [-0.39, 0.29) is 21.1 Å². The fraction of sp³-hybridized carbons (Fsp3) is 0.191. The number of ether oxygens (including phenoxy) is 1. The first-order chi connectivity index (χ1) is 25.5. The first kappa shape index (κ1) is 35.6. The Morgan fingerprint density at radius 1 is 0.611 bits per heavy atom. The van der Waals surface area contributed by atoms with Crippen LogP contribution < -0.4 is 4.74 Å². The molecule has 0 amide bonds. The Balaban J connectivity index is 0.00000413. The summed E-state index contributed by atoms with van der Waals surface area (Å²) >= 11 is 0. The zero-order valence-corrected chi connectivity index (χ0v) is 34.3. The van der Waals surface area contributed by atoms with E-state index in [1.807, 2.05) is 29.9 Å². The molecule has 0 bridgehead atoms. The Bertz CT molecular complexity index is 2910. The summed E-state index contributed by atoms with van der Waals surface area (Å²) in [6.07, 6.45) is 2.02. The van der Waals surface area contributed by atoms with Crippen LogP contribution in [-0.2, 0) is 21.1 Å². The van der Waals surface area contributed by atoms with E-state index in [1.54, 1.807) is 0 Å². The molecule has 9 aromatic rings. The largest absolute Gasteiger partial charge is 2.00 e. The minimum Gasteiger partial charge on any atom is -0.509 e. The van der Waals surface area contributed by atoms with E-state index in [0.717, 1.165) is 67.1 Å². The molecular weight excluding hydrogens is 846 g/mol. The van der Waals surface area contributed by atoms with E-state index in [9.17, 15) is 0 Å². The van der Waals surface area contributed by atoms with Gasteiger partial charge in [-0.3, -0.25) is 4.68 Å². The predicted molar refractivity (Wildman–Crippen MR) is 217 cm³/mol. The summed E-state index contributed by atoms with van der Waals surface area (Å²) in [7, 11) is 0. The third-order valence-corrected chi connectivity index (χ3v) is 10.7. The van der Waals surface area contributed by atoms with Crippen molar-refractivity contribution in [2.24, 2.45) is 0 Å². The van der Waals surface area contributed by atoms with Crippen LogP contribution in [0.1, 0.15) is 50.3 Å². The molecule has 7 heteroatoms. The van der Waals surface area contributed by atoms with Crippen molar-refractivity contribution in [1.29, 1.82) is 0 Å². The summed E-state index contributed by atoms with van der Waals surface area (Å²) in [5.41, 5.74) is 16.8. The van der Waals surface area contributed by atoms with Gasteiger partial charge in [0.2, 0.25) is 0 Å². The summed E-state index contributed by atoms with van der Waals surface area (Å²) in [6.45, 7) is 19.4. The molecule has 4 heterocycles. The van der Waals surface area contributed by atoms with Gasteiger partial charge in [0.1, 0.15) is 5.82 Å². The maximum Gasteiger partial charge on any atom is 2.00 e. The van der Waals surface area contributed by atoms with Crippen molar-refractivity contribution in [2.75, 3.05) is 0 Å². The van der Waals surface area contributed by atoms with Gasteiger partial charge in [-0.2, -0.15) is 16.7 Å². The molecule has 9 rings (SSSR count). The number of para-hydroxylation sites is 1. The van der Waals surface area contributed by atoms with Gasteiger partial charge in [-0.05, 0) is 106 Å². The molecule has 0 atom stereocenters. The molecule has 0 aliphatic rings. The molecule has 0 radical (unpaired) electrons. The number of benzene rings is 5. The number of aryl methyl sites for hydroxylation is 8. The van der Waals surface area contributed by atoms with E-state index in [2.05, 4.69) is 148 Å². The Morgan fingerprint density at radius 3 is 1.94 bits per heavy atom. The van der Waals surface area contributed by atoms with Crippen LogP contribution in [0.25, 0.3) is 60.8 Å². The molecule has 4 aromatic heterocycles. The fourth-order valence-corrected chi connectivity index (χ4v) is 8.40. The first-order valence-corrected chi connectivity index (χ1v) is 18.2. The maximum absolute atomic E-state index is 6.55. The van der Waals surface area contributed by atoms with Crippen molar-refractivity contribution in [3.8, 4) is 28.7 Å². The number of hydrogen-bond donors (Lipinski definition) is 0. The topological polar surface area (TPSA) is 49.8 Å². The zero-order valence-electron chi connectivity index (χ0n) is 32.0. The van der Waals surface area contributed by atoms with Gasteiger partial charge < -0.3 is 13.9 Å². The van der Waals surface area contributed by atoms with Crippen LogP contribution >= 0.6 is 0 Å². The van der Waals surface area contributed by atoms with Crippen LogP contribution in [0, 0.1) is 74.4 Å². The zero-order chi connectivity index (χ0) is 36.9. The molecule has 0 saturated carbocycles. The van der Waals surface area contributed by atoms with Crippen molar-refractivity contribution >= 4 is 43.6 Å². The molecule has 5 aromatic carbocycles. The molecule has 270 valence electrons. The van der Waals surface area contributed by atoms with Gasteiger partial charge in [-0.15, -0.1) is 35.7 Å². The van der Waals surface area contributed by atoms with Gasteiger partial charge in [-0.1, -0.05) is 54.9 Å². The summed E-state index contributed by atoms with van der Waals surface area (Å²) < 4.78 is 13.2. The number of aromatic nitrogens is 5. The smallest absolute Gasteiger partial charge is 0.509 e. The van der Waals surface area contributed by atoms with E-state index in [4.69, 9.17) is 9.72 Å². The number of nitrogens with zero attached hydrogens (tertiary/aromatic N) is 5. The third-order valence-electron chi connectivity index (χ3n) is 10.7. The number of fused-ring (bicyclic) bond motifs is 6. The standard InChI is InChI=1S/C47H41N5O.Pt/c1-26-20-35(52-33(8)22-32(7)49-52)23-37(21-26)53-36-18-19-39-38-12-10-11-13-40(38)50(41(39)24-36)47-34(9)44(31(6)25-48-47)51-45-29(4)16-14-27(2)42(45)43-28(3)15-17-30(5)46(43)51;/h10-22,25H,1-9H3;/q-2;+2.